The third-order valence-electron chi connectivity index (χ3n) is 4.92. The van der Waals surface area contributed by atoms with E-state index in [4.69, 9.17) is 0 Å². The third kappa shape index (κ3) is 8.43. The Bertz CT molecular complexity index is 1140. The van der Waals surface area contributed by atoms with Crippen LogP contribution in [0.5, 0.6) is 0 Å². The van der Waals surface area contributed by atoms with Gasteiger partial charge in [0, 0.05) is 19.6 Å². The molecule has 0 N–H and O–H groups in total. The highest BCUT2D eigenvalue weighted by atomic mass is 32.1. The topological polar surface area (TPSA) is 0 Å². The van der Waals surface area contributed by atoms with Crippen molar-refractivity contribution in [1.29, 1.82) is 0 Å². The Hall–Kier alpha value is -2.14. The van der Waals surface area contributed by atoms with Crippen LogP contribution in [-0.2, 0) is 5.41 Å². The standard InChI is InChI=1S/C15H10F6S2.2C6H6S/c16-14(17,18)13(15(19,20)21,9-3-1-5-11(22)7-9)10-4-2-6-12(23)8-10;2*7-6-4-2-1-3-5-6/h1-8,22-23H;2*1-5,7H. The van der Waals surface area contributed by atoms with E-state index in [0.29, 0.717) is 0 Å². The van der Waals surface area contributed by atoms with Crippen molar-refractivity contribution >= 4 is 50.5 Å². The molecular formula is C27H22F6S4. The van der Waals surface area contributed by atoms with Crippen LogP contribution in [0.1, 0.15) is 11.1 Å². The van der Waals surface area contributed by atoms with Crippen LogP contribution in [0.15, 0.2) is 129 Å². The number of hydrogen-bond acceptors (Lipinski definition) is 4. The summed E-state index contributed by atoms with van der Waals surface area (Å²) in [5.74, 6) is 0. The first-order chi connectivity index (χ1) is 17.3. The second-order valence-corrected chi connectivity index (χ2v) is 9.58. The van der Waals surface area contributed by atoms with Crippen LogP contribution in [0.4, 0.5) is 26.3 Å². The maximum atomic E-state index is 13.7. The molecule has 37 heavy (non-hydrogen) atoms. The smallest absolute Gasteiger partial charge is 0.169 e. The maximum Gasteiger partial charge on any atom is 0.411 e. The molecule has 0 aliphatic rings. The molecule has 0 saturated heterocycles. The van der Waals surface area contributed by atoms with E-state index in [2.05, 4.69) is 50.5 Å². The van der Waals surface area contributed by atoms with Gasteiger partial charge in [-0.05, 0) is 59.7 Å². The Morgan fingerprint density at radius 3 is 0.892 bits per heavy atom. The van der Waals surface area contributed by atoms with E-state index in [1.165, 1.54) is 12.1 Å². The fourth-order valence-electron chi connectivity index (χ4n) is 3.32. The first-order valence-corrected chi connectivity index (χ1v) is 12.3. The van der Waals surface area contributed by atoms with E-state index in [9.17, 15) is 26.3 Å². The number of halogens is 6. The summed E-state index contributed by atoms with van der Waals surface area (Å²) in [4.78, 5) is 2.04. The van der Waals surface area contributed by atoms with Crippen molar-refractivity contribution in [1.82, 2.24) is 0 Å². The van der Waals surface area contributed by atoms with E-state index in [0.717, 1.165) is 46.2 Å². The van der Waals surface area contributed by atoms with E-state index in [1.54, 1.807) is 0 Å². The van der Waals surface area contributed by atoms with Crippen LogP contribution >= 0.6 is 50.5 Å². The highest BCUT2D eigenvalue weighted by Gasteiger charge is 2.72. The van der Waals surface area contributed by atoms with E-state index in [1.807, 2.05) is 60.7 Å². The lowest BCUT2D eigenvalue weighted by atomic mass is 9.73. The van der Waals surface area contributed by atoms with Gasteiger partial charge in [0.25, 0.3) is 0 Å². The molecule has 0 radical (unpaired) electrons. The normalized spacial score (nSPS) is 11.5. The summed E-state index contributed by atoms with van der Waals surface area (Å²) in [6.45, 7) is 0. The van der Waals surface area contributed by atoms with Crippen LogP contribution < -0.4 is 0 Å². The van der Waals surface area contributed by atoms with Gasteiger partial charge in [-0.3, -0.25) is 0 Å². The minimum Gasteiger partial charge on any atom is -0.169 e. The zero-order valence-electron chi connectivity index (χ0n) is 18.9. The molecule has 0 aliphatic carbocycles. The Labute approximate surface area is 233 Å². The maximum absolute atomic E-state index is 13.7. The van der Waals surface area contributed by atoms with Crippen molar-refractivity contribution in [2.75, 3.05) is 0 Å². The summed E-state index contributed by atoms with van der Waals surface area (Å²) in [6.07, 6.45) is -11.2. The van der Waals surface area contributed by atoms with Gasteiger partial charge in [-0.25, -0.2) is 0 Å². The molecular weight excluding hydrogens is 567 g/mol. The molecule has 0 unspecified atom stereocenters. The Morgan fingerprint density at radius 1 is 0.378 bits per heavy atom. The first-order valence-electron chi connectivity index (χ1n) is 10.5. The molecule has 0 heterocycles. The lowest BCUT2D eigenvalue weighted by Gasteiger charge is -2.38. The minimum atomic E-state index is -5.60. The van der Waals surface area contributed by atoms with Gasteiger partial charge in [0.15, 0.2) is 0 Å². The van der Waals surface area contributed by atoms with Crippen molar-refractivity contribution in [3.63, 3.8) is 0 Å². The Kier molecular flexibility index (Phi) is 11.4. The van der Waals surface area contributed by atoms with Crippen LogP contribution in [-0.4, -0.2) is 12.4 Å². The highest BCUT2D eigenvalue weighted by Crippen LogP contribution is 2.56. The van der Waals surface area contributed by atoms with Crippen LogP contribution in [0.3, 0.4) is 0 Å². The van der Waals surface area contributed by atoms with Gasteiger partial charge in [-0.2, -0.15) is 26.3 Å². The highest BCUT2D eigenvalue weighted by molar-refractivity contribution is 7.80. The molecule has 0 fully saturated rings. The summed E-state index contributed by atoms with van der Waals surface area (Å²) < 4.78 is 82.4. The van der Waals surface area contributed by atoms with Crippen molar-refractivity contribution in [3.8, 4) is 0 Å². The third-order valence-corrected chi connectivity index (χ3v) is 6.07. The molecule has 0 bridgehead atoms. The molecule has 0 amide bonds. The number of alkyl halides is 6. The van der Waals surface area contributed by atoms with E-state index in [-0.39, 0.29) is 9.79 Å². The zero-order chi connectivity index (χ0) is 27.7. The number of hydrogen-bond donors (Lipinski definition) is 4. The summed E-state index contributed by atoms with van der Waals surface area (Å²) in [7, 11) is 0. The van der Waals surface area contributed by atoms with Gasteiger partial charge in [-0.15, -0.1) is 50.5 Å². The van der Waals surface area contributed by atoms with Gasteiger partial charge in [0.1, 0.15) is 0 Å². The van der Waals surface area contributed by atoms with Crippen LogP contribution in [0.2, 0.25) is 0 Å². The van der Waals surface area contributed by atoms with E-state index < -0.39 is 28.9 Å². The van der Waals surface area contributed by atoms with Gasteiger partial charge in [0.05, 0.1) is 0 Å². The number of benzene rings is 4. The molecule has 0 atom stereocenters. The molecule has 0 nitrogen and oxygen atoms in total. The van der Waals surface area contributed by atoms with Crippen molar-refractivity contribution in [2.45, 2.75) is 37.3 Å². The average Bonchev–Trinajstić information content (AvgIpc) is 2.80. The van der Waals surface area contributed by atoms with Crippen molar-refractivity contribution in [3.05, 3.63) is 120 Å². The molecule has 0 saturated carbocycles. The molecule has 196 valence electrons. The van der Waals surface area contributed by atoms with Crippen molar-refractivity contribution < 1.29 is 26.3 Å². The molecule has 4 aromatic carbocycles. The van der Waals surface area contributed by atoms with Gasteiger partial charge < -0.3 is 0 Å². The monoisotopic (exact) mass is 588 g/mol. The average molecular weight is 589 g/mol. The Morgan fingerprint density at radius 2 is 0.676 bits per heavy atom. The fourth-order valence-corrected chi connectivity index (χ4v) is 4.11. The predicted octanol–water partition coefficient (Wildman–Crippen LogP) is 9.63. The van der Waals surface area contributed by atoms with E-state index >= 15 is 0 Å². The molecule has 0 aromatic heterocycles. The molecule has 0 spiro atoms. The van der Waals surface area contributed by atoms with Crippen molar-refractivity contribution in [2.24, 2.45) is 0 Å². The summed E-state index contributed by atoms with van der Waals surface area (Å²) in [5, 5.41) is 0. The predicted molar refractivity (Wildman–Crippen MR) is 148 cm³/mol. The lowest BCUT2D eigenvalue weighted by molar-refractivity contribution is -0.288. The lowest BCUT2D eigenvalue weighted by Crippen LogP contribution is -2.54. The fraction of sp³-hybridized carbons (Fsp3) is 0.111. The molecule has 4 rings (SSSR count). The van der Waals surface area contributed by atoms with Gasteiger partial charge in [-0.1, -0.05) is 60.7 Å². The number of thiol groups is 4. The SMILES string of the molecule is FC(F)(F)C(c1cccc(S)c1)(c1cccc(S)c1)C(F)(F)F.Sc1ccccc1.Sc1ccccc1. The molecule has 10 heteroatoms. The van der Waals surface area contributed by atoms with Crippen LogP contribution in [0, 0.1) is 0 Å². The second-order valence-electron chi connectivity index (χ2n) is 7.52. The van der Waals surface area contributed by atoms with Gasteiger partial charge in [0.2, 0.25) is 5.41 Å². The van der Waals surface area contributed by atoms with Crippen LogP contribution in [0.25, 0.3) is 0 Å². The minimum absolute atomic E-state index is 0.00223. The Balaban J connectivity index is 0.000000276. The quantitative estimate of drug-likeness (QED) is 0.130. The summed E-state index contributed by atoms with van der Waals surface area (Å²) in [5.41, 5.74) is -6.04. The summed E-state index contributed by atoms with van der Waals surface area (Å²) >= 11 is 15.9. The zero-order valence-corrected chi connectivity index (χ0v) is 22.5. The van der Waals surface area contributed by atoms with Gasteiger partial charge >= 0.3 is 12.4 Å². The second kappa shape index (κ2) is 13.6. The summed E-state index contributed by atoms with van der Waals surface area (Å²) in [6, 6.07) is 27.5. The molecule has 0 aliphatic heterocycles. The largest absolute Gasteiger partial charge is 0.411 e. The molecule has 4 aromatic rings. The number of rotatable bonds is 2. The first kappa shape index (κ1) is 31.1.